The Morgan fingerprint density at radius 1 is 1.14 bits per heavy atom. The van der Waals surface area contributed by atoms with Crippen LogP contribution in [-0.4, -0.2) is 41.9 Å². The van der Waals surface area contributed by atoms with Crippen molar-refractivity contribution in [3.63, 3.8) is 0 Å². The highest BCUT2D eigenvalue weighted by Crippen LogP contribution is 2.18. The lowest BCUT2D eigenvalue weighted by Gasteiger charge is -2.33. The molecule has 2 aromatic rings. The Morgan fingerprint density at radius 2 is 1.82 bits per heavy atom. The zero-order valence-electron chi connectivity index (χ0n) is 16.2. The van der Waals surface area contributed by atoms with Gasteiger partial charge in [0.25, 0.3) is 11.8 Å². The molecular formula is C22H25ClN2O3. The average Bonchev–Trinajstić information content (AvgIpc) is 2.69. The van der Waals surface area contributed by atoms with Crippen LogP contribution in [0.25, 0.3) is 0 Å². The Balaban J connectivity index is 1.47. The Labute approximate surface area is 170 Å². The minimum atomic E-state index is -0.604. The molecule has 148 valence electrons. The predicted molar refractivity (Wildman–Crippen MR) is 110 cm³/mol. The highest BCUT2D eigenvalue weighted by molar-refractivity contribution is 6.30. The lowest BCUT2D eigenvalue weighted by molar-refractivity contribution is -0.128. The van der Waals surface area contributed by atoms with Crippen LogP contribution in [0.15, 0.2) is 48.5 Å². The van der Waals surface area contributed by atoms with E-state index in [1.807, 2.05) is 36.1 Å². The summed E-state index contributed by atoms with van der Waals surface area (Å²) in [6, 6.07) is 14.6. The summed E-state index contributed by atoms with van der Waals surface area (Å²) in [6.45, 7) is 4.96. The summed E-state index contributed by atoms with van der Waals surface area (Å²) in [4.78, 5) is 26.9. The van der Waals surface area contributed by atoms with Gasteiger partial charge in [-0.1, -0.05) is 29.3 Å². The van der Waals surface area contributed by atoms with Crippen LogP contribution >= 0.6 is 11.6 Å². The highest BCUT2D eigenvalue weighted by atomic mass is 35.5. The van der Waals surface area contributed by atoms with Crippen LogP contribution in [0.1, 0.15) is 35.7 Å². The van der Waals surface area contributed by atoms with E-state index < -0.39 is 6.10 Å². The van der Waals surface area contributed by atoms with Gasteiger partial charge in [0.15, 0.2) is 6.10 Å². The van der Waals surface area contributed by atoms with E-state index >= 15 is 0 Å². The molecule has 5 nitrogen and oxygen atoms in total. The summed E-state index contributed by atoms with van der Waals surface area (Å²) in [5, 5.41) is 3.65. The molecule has 0 radical (unpaired) electrons. The van der Waals surface area contributed by atoms with Gasteiger partial charge in [0.2, 0.25) is 0 Å². The number of benzene rings is 2. The average molecular weight is 401 g/mol. The zero-order valence-corrected chi connectivity index (χ0v) is 16.9. The molecule has 0 spiro atoms. The van der Waals surface area contributed by atoms with Gasteiger partial charge in [-0.15, -0.1) is 0 Å². The number of nitrogens with zero attached hydrogens (tertiary/aromatic N) is 1. The summed E-state index contributed by atoms with van der Waals surface area (Å²) in [5.41, 5.74) is 1.79. The summed E-state index contributed by atoms with van der Waals surface area (Å²) in [5.74, 6) is 0.497. The number of carbonyl (C=O) groups excluding carboxylic acids is 2. The minimum absolute atomic E-state index is 0.0466. The van der Waals surface area contributed by atoms with Gasteiger partial charge in [-0.05, 0) is 63.1 Å². The molecule has 1 heterocycles. The van der Waals surface area contributed by atoms with E-state index in [-0.39, 0.29) is 17.9 Å². The fraction of sp³-hybridized carbons (Fsp3) is 0.364. The van der Waals surface area contributed by atoms with Crippen molar-refractivity contribution in [1.29, 1.82) is 0 Å². The van der Waals surface area contributed by atoms with E-state index in [2.05, 4.69) is 5.32 Å². The molecule has 28 heavy (non-hydrogen) atoms. The monoisotopic (exact) mass is 400 g/mol. The van der Waals surface area contributed by atoms with E-state index in [1.165, 1.54) is 0 Å². The third-order valence-electron chi connectivity index (χ3n) is 4.89. The van der Waals surface area contributed by atoms with Gasteiger partial charge in [-0.3, -0.25) is 9.59 Å². The smallest absolute Gasteiger partial charge is 0.260 e. The van der Waals surface area contributed by atoms with E-state index in [4.69, 9.17) is 16.3 Å². The first-order chi connectivity index (χ1) is 13.4. The topological polar surface area (TPSA) is 58.6 Å². The molecule has 1 unspecified atom stereocenters. The Morgan fingerprint density at radius 3 is 2.46 bits per heavy atom. The molecule has 2 amide bonds. The normalized spacial score (nSPS) is 15.8. The molecule has 1 saturated heterocycles. The van der Waals surface area contributed by atoms with Crippen LogP contribution in [0.3, 0.4) is 0 Å². The lowest BCUT2D eigenvalue weighted by atomic mass is 10.0. The molecule has 0 aliphatic carbocycles. The standard InChI is InChI=1S/C22H25ClN2O3/c1-15-4-3-5-17(14-15)22(27)25-12-10-19(11-13-25)24-21(26)16(2)28-20-8-6-18(23)7-9-20/h3-9,14,16,19H,10-13H2,1-2H3,(H,24,26). The maximum Gasteiger partial charge on any atom is 0.260 e. The van der Waals surface area contributed by atoms with Crippen molar-refractivity contribution >= 4 is 23.4 Å². The molecular weight excluding hydrogens is 376 g/mol. The molecule has 1 aliphatic heterocycles. The Kier molecular flexibility index (Phi) is 6.57. The van der Waals surface area contributed by atoms with Gasteiger partial charge in [0.05, 0.1) is 0 Å². The van der Waals surface area contributed by atoms with Crippen LogP contribution in [0, 0.1) is 6.92 Å². The molecule has 0 bridgehead atoms. The number of ether oxygens (including phenoxy) is 1. The number of rotatable bonds is 5. The molecule has 2 aromatic carbocycles. The predicted octanol–water partition coefficient (Wildman–Crippen LogP) is 3.84. The number of aryl methyl sites for hydroxylation is 1. The fourth-order valence-corrected chi connectivity index (χ4v) is 3.40. The lowest BCUT2D eigenvalue weighted by Crippen LogP contribution is -2.49. The molecule has 1 atom stereocenters. The second kappa shape index (κ2) is 9.11. The van der Waals surface area contributed by atoms with Crippen LogP contribution in [-0.2, 0) is 4.79 Å². The first kappa shape index (κ1) is 20.2. The van der Waals surface area contributed by atoms with Gasteiger partial charge in [-0.25, -0.2) is 0 Å². The number of hydrogen-bond donors (Lipinski definition) is 1. The van der Waals surface area contributed by atoms with Crippen molar-refractivity contribution in [2.24, 2.45) is 0 Å². The molecule has 1 N–H and O–H groups in total. The number of carbonyl (C=O) groups is 2. The van der Waals surface area contributed by atoms with Crippen molar-refractivity contribution < 1.29 is 14.3 Å². The summed E-state index contributed by atoms with van der Waals surface area (Å²) < 4.78 is 5.67. The van der Waals surface area contributed by atoms with Gasteiger partial charge < -0.3 is 15.0 Å². The second-order valence-electron chi connectivity index (χ2n) is 7.16. The molecule has 0 saturated carbocycles. The first-order valence-electron chi connectivity index (χ1n) is 9.51. The largest absolute Gasteiger partial charge is 0.481 e. The van der Waals surface area contributed by atoms with Crippen molar-refractivity contribution in [3.8, 4) is 5.75 Å². The Bertz CT molecular complexity index is 830. The molecule has 6 heteroatoms. The number of nitrogens with one attached hydrogen (secondary N) is 1. The second-order valence-corrected chi connectivity index (χ2v) is 7.59. The third kappa shape index (κ3) is 5.26. The van der Waals surface area contributed by atoms with Crippen LogP contribution in [0.5, 0.6) is 5.75 Å². The number of likely N-dealkylation sites (tertiary alicyclic amines) is 1. The maximum atomic E-state index is 12.6. The fourth-order valence-electron chi connectivity index (χ4n) is 3.28. The van der Waals surface area contributed by atoms with Crippen molar-refractivity contribution in [2.45, 2.75) is 38.8 Å². The molecule has 3 rings (SSSR count). The van der Waals surface area contributed by atoms with Gasteiger partial charge in [0, 0.05) is 29.7 Å². The quantitative estimate of drug-likeness (QED) is 0.829. The van der Waals surface area contributed by atoms with Gasteiger partial charge in [0.1, 0.15) is 5.75 Å². The number of piperidine rings is 1. The molecule has 1 fully saturated rings. The zero-order chi connectivity index (χ0) is 20.1. The number of hydrogen-bond acceptors (Lipinski definition) is 3. The van der Waals surface area contributed by atoms with Crippen molar-refractivity contribution in [1.82, 2.24) is 10.2 Å². The minimum Gasteiger partial charge on any atom is -0.481 e. The third-order valence-corrected chi connectivity index (χ3v) is 5.14. The molecule has 0 aromatic heterocycles. The summed E-state index contributed by atoms with van der Waals surface area (Å²) in [6.07, 6.45) is 0.863. The Hall–Kier alpha value is -2.53. The van der Waals surface area contributed by atoms with Crippen molar-refractivity contribution in [3.05, 3.63) is 64.7 Å². The van der Waals surface area contributed by atoms with Gasteiger partial charge in [-0.2, -0.15) is 0 Å². The first-order valence-corrected chi connectivity index (χ1v) is 9.89. The molecule has 1 aliphatic rings. The van der Waals surface area contributed by atoms with Crippen LogP contribution in [0.2, 0.25) is 5.02 Å². The van der Waals surface area contributed by atoms with E-state index in [0.717, 1.165) is 18.4 Å². The number of halogens is 1. The summed E-state index contributed by atoms with van der Waals surface area (Å²) >= 11 is 5.86. The van der Waals surface area contributed by atoms with Crippen LogP contribution in [0.4, 0.5) is 0 Å². The summed E-state index contributed by atoms with van der Waals surface area (Å²) in [7, 11) is 0. The highest BCUT2D eigenvalue weighted by Gasteiger charge is 2.26. The maximum absolute atomic E-state index is 12.6. The van der Waals surface area contributed by atoms with Gasteiger partial charge >= 0.3 is 0 Å². The van der Waals surface area contributed by atoms with E-state index in [0.29, 0.717) is 29.4 Å². The van der Waals surface area contributed by atoms with E-state index in [1.54, 1.807) is 31.2 Å². The number of amides is 2. The van der Waals surface area contributed by atoms with Crippen LogP contribution < -0.4 is 10.1 Å². The SMILES string of the molecule is Cc1cccc(C(=O)N2CCC(NC(=O)C(C)Oc3ccc(Cl)cc3)CC2)c1. The van der Waals surface area contributed by atoms with E-state index in [9.17, 15) is 9.59 Å². The van der Waals surface area contributed by atoms with Crippen molar-refractivity contribution in [2.75, 3.05) is 13.1 Å².